The van der Waals surface area contributed by atoms with Crippen LogP contribution in [0, 0.1) is 11.8 Å². The monoisotopic (exact) mass is 376 g/mol. The molecule has 6 heteroatoms. The van der Waals surface area contributed by atoms with E-state index in [4.69, 9.17) is 0 Å². The largest absolute Gasteiger partial charge is 0.357 e. The first-order chi connectivity index (χ1) is 12.9. The number of aromatic nitrogens is 1. The maximum atomic E-state index is 12.0. The van der Waals surface area contributed by atoms with Crippen molar-refractivity contribution in [2.75, 3.05) is 24.5 Å². The van der Waals surface area contributed by atoms with Crippen LogP contribution in [0.4, 0.5) is 5.82 Å². The molecule has 2 heterocycles. The molecular formula is C21H36N4O2. The predicted molar refractivity (Wildman–Crippen MR) is 111 cm³/mol. The van der Waals surface area contributed by atoms with E-state index in [0.29, 0.717) is 11.5 Å². The first-order valence-electron chi connectivity index (χ1n) is 10.2. The summed E-state index contributed by atoms with van der Waals surface area (Å²) in [5.74, 6) is 1.50. The lowest BCUT2D eigenvalue weighted by molar-refractivity contribution is -0.124. The van der Waals surface area contributed by atoms with Crippen molar-refractivity contribution in [1.82, 2.24) is 15.6 Å². The summed E-state index contributed by atoms with van der Waals surface area (Å²) in [7, 11) is 0. The van der Waals surface area contributed by atoms with Crippen LogP contribution in [-0.4, -0.2) is 42.5 Å². The molecule has 2 rings (SSSR count). The van der Waals surface area contributed by atoms with Gasteiger partial charge in [-0.05, 0) is 44.7 Å². The van der Waals surface area contributed by atoms with Gasteiger partial charge in [-0.15, -0.1) is 0 Å². The van der Waals surface area contributed by atoms with E-state index in [-0.39, 0.29) is 23.8 Å². The van der Waals surface area contributed by atoms with E-state index < -0.39 is 0 Å². The highest BCUT2D eigenvalue weighted by Gasteiger charge is 2.21. The molecule has 1 aromatic heterocycles. The fourth-order valence-corrected chi connectivity index (χ4v) is 2.87. The Hall–Kier alpha value is -2.11. The summed E-state index contributed by atoms with van der Waals surface area (Å²) in [6.45, 7) is 14.3. The van der Waals surface area contributed by atoms with Gasteiger partial charge in [0.15, 0.2) is 0 Å². The van der Waals surface area contributed by atoms with Crippen LogP contribution < -0.4 is 15.5 Å². The Labute approximate surface area is 164 Å². The van der Waals surface area contributed by atoms with Gasteiger partial charge in [0, 0.05) is 37.8 Å². The zero-order valence-corrected chi connectivity index (χ0v) is 17.7. The van der Waals surface area contributed by atoms with Gasteiger partial charge < -0.3 is 15.5 Å². The molecule has 1 fully saturated rings. The molecule has 0 aliphatic carbocycles. The average Bonchev–Trinajstić information content (AvgIpc) is 2.67. The van der Waals surface area contributed by atoms with Gasteiger partial charge in [0.2, 0.25) is 5.91 Å². The number of amides is 2. The zero-order valence-electron chi connectivity index (χ0n) is 17.7. The summed E-state index contributed by atoms with van der Waals surface area (Å²) in [5, 5.41) is 5.89. The standard InChI is InChI=1S/C19H30N4O2.C2H6/c1-13(2)18(24)21-11-15-7-9-23(10-8-15)17-6-5-16(12-20-17)19(25)22-14(3)4;1-2/h5-6,12-15H,7-11H2,1-4H3,(H,21,24)(H,22,25);1-2H3. The van der Waals surface area contributed by atoms with Crippen molar-refractivity contribution in [2.24, 2.45) is 11.8 Å². The van der Waals surface area contributed by atoms with E-state index in [1.165, 1.54) is 0 Å². The van der Waals surface area contributed by atoms with Crippen molar-refractivity contribution in [3.8, 4) is 0 Å². The third-order valence-electron chi connectivity index (χ3n) is 4.46. The summed E-state index contributed by atoms with van der Waals surface area (Å²) in [6, 6.07) is 3.85. The lowest BCUT2D eigenvalue weighted by Crippen LogP contribution is -2.40. The van der Waals surface area contributed by atoms with Crippen LogP contribution in [0.15, 0.2) is 18.3 Å². The van der Waals surface area contributed by atoms with Gasteiger partial charge in [-0.2, -0.15) is 0 Å². The summed E-state index contributed by atoms with van der Waals surface area (Å²) in [6.07, 6.45) is 3.72. The van der Waals surface area contributed by atoms with Crippen LogP contribution in [0.1, 0.15) is 64.7 Å². The average molecular weight is 377 g/mol. The number of carbonyl (C=O) groups is 2. The molecule has 2 N–H and O–H groups in total. The van der Waals surface area contributed by atoms with Crippen molar-refractivity contribution in [2.45, 2.75) is 60.4 Å². The van der Waals surface area contributed by atoms with Crippen molar-refractivity contribution in [3.63, 3.8) is 0 Å². The summed E-state index contributed by atoms with van der Waals surface area (Å²) >= 11 is 0. The fraction of sp³-hybridized carbons (Fsp3) is 0.667. The fourth-order valence-electron chi connectivity index (χ4n) is 2.87. The smallest absolute Gasteiger partial charge is 0.253 e. The number of nitrogens with zero attached hydrogens (tertiary/aromatic N) is 2. The second kappa shape index (κ2) is 11.6. The lowest BCUT2D eigenvalue weighted by Gasteiger charge is -2.33. The maximum absolute atomic E-state index is 12.0. The number of nitrogens with one attached hydrogen (secondary N) is 2. The van der Waals surface area contributed by atoms with Gasteiger partial charge in [-0.3, -0.25) is 9.59 Å². The minimum Gasteiger partial charge on any atom is -0.357 e. The van der Waals surface area contributed by atoms with E-state index in [0.717, 1.165) is 38.3 Å². The van der Waals surface area contributed by atoms with Crippen LogP contribution in [0.5, 0.6) is 0 Å². The molecule has 2 amide bonds. The normalized spacial score (nSPS) is 14.6. The summed E-state index contributed by atoms with van der Waals surface area (Å²) in [4.78, 5) is 30.3. The van der Waals surface area contributed by atoms with Gasteiger partial charge in [0.1, 0.15) is 5.82 Å². The molecule has 0 bridgehead atoms. The second-order valence-corrected chi connectivity index (χ2v) is 7.36. The highest BCUT2D eigenvalue weighted by Crippen LogP contribution is 2.21. The molecule has 0 saturated carbocycles. The molecule has 1 aromatic rings. The Balaban J connectivity index is 0.00000176. The molecule has 6 nitrogen and oxygen atoms in total. The molecule has 27 heavy (non-hydrogen) atoms. The SMILES string of the molecule is CC.CC(C)NC(=O)c1ccc(N2CCC(CNC(=O)C(C)C)CC2)nc1. The number of hydrogen-bond donors (Lipinski definition) is 2. The highest BCUT2D eigenvalue weighted by atomic mass is 16.2. The summed E-state index contributed by atoms with van der Waals surface area (Å²) < 4.78 is 0. The van der Waals surface area contributed by atoms with Gasteiger partial charge in [-0.25, -0.2) is 4.98 Å². The molecule has 152 valence electrons. The van der Waals surface area contributed by atoms with Gasteiger partial charge in [-0.1, -0.05) is 27.7 Å². The van der Waals surface area contributed by atoms with Gasteiger partial charge in [0.25, 0.3) is 5.91 Å². The Morgan fingerprint density at radius 2 is 1.78 bits per heavy atom. The van der Waals surface area contributed by atoms with E-state index in [9.17, 15) is 9.59 Å². The predicted octanol–water partition coefficient (Wildman–Crippen LogP) is 3.23. The highest BCUT2D eigenvalue weighted by molar-refractivity contribution is 5.94. The van der Waals surface area contributed by atoms with Crippen molar-refractivity contribution in [3.05, 3.63) is 23.9 Å². The quantitative estimate of drug-likeness (QED) is 0.799. The van der Waals surface area contributed by atoms with E-state index in [1.807, 2.05) is 53.7 Å². The van der Waals surface area contributed by atoms with Crippen LogP contribution in [-0.2, 0) is 4.79 Å². The minimum atomic E-state index is -0.0892. The first-order valence-corrected chi connectivity index (χ1v) is 10.2. The molecule has 0 unspecified atom stereocenters. The van der Waals surface area contributed by atoms with Crippen LogP contribution >= 0.6 is 0 Å². The molecule has 0 aromatic carbocycles. The molecule has 1 saturated heterocycles. The van der Waals surface area contributed by atoms with Crippen molar-refractivity contribution < 1.29 is 9.59 Å². The third kappa shape index (κ3) is 7.57. The summed E-state index contributed by atoms with van der Waals surface area (Å²) in [5.41, 5.74) is 0.587. The number of hydrogen-bond acceptors (Lipinski definition) is 4. The lowest BCUT2D eigenvalue weighted by atomic mass is 9.96. The van der Waals surface area contributed by atoms with Crippen LogP contribution in [0.3, 0.4) is 0 Å². The molecule has 0 radical (unpaired) electrons. The van der Waals surface area contributed by atoms with Crippen molar-refractivity contribution >= 4 is 17.6 Å². The number of rotatable bonds is 6. The first kappa shape index (κ1) is 22.9. The number of pyridine rings is 1. The third-order valence-corrected chi connectivity index (χ3v) is 4.46. The maximum Gasteiger partial charge on any atom is 0.253 e. The van der Waals surface area contributed by atoms with Crippen LogP contribution in [0.25, 0.3) is 0 Å². The van der Waals surface area contributed by atoms with Gasteiger partial charge >= 0.3 is 0 Å². The zero-order chi connectivity index (χ0) is 20.4. The van der Waals surface area contributed by atoms with E-state index in [1.54, 1.807) is 6.20 Å². The number of anilines is 1. The second-order valence-electron chi connectivity index (χ2n) is 7.36. The molecule has 0 atom stereocenters. The van der Waals surface area contributed by atoms with E-state index in [2.05, 4.69) is 20.5 Å². The molecule has 1 aliphatic heterocycles. The number of carbonyl (C=O) groups excluding carboxylic acids is 2. The molecule has 1 aliphatic rings. The van der Waals surface area contributed by atoms with Gasteiger partial charge in [0.05, 0.1) is 5.56 Å². The molecule has 0 spiro atoms. The van der Waals surface area contributed by atoms with Crippen LogP contribution in [0.2, 0.25) is 0 Å². The minimum absolute atomic E-state index is 0.0377. The van der Waals surface area contributed by atoms with E-state index >= 15 is 0 Å². The van der Waals surface area contributed by atoms with Crippen molar-refractivity contribution in [1.29, 1.82) is 0 Å². The molecular weight excluding hydrogens is 340 g/mol. The Morgan fingerprint density at radius 1 is 1.15 bits per heavy atom. The Bertz CT molecular complexity index is 576. The topological polar surface area (TPSA) is 74.3 Å². The Morgan fingerprint density at radius 3 is 2.26 bits per heavy atom. The Kier molecular flexibility index (Phi) is 9.83. The number of piperidine rings is 1.